The van der Waals surface area contributed by atoms with Gasteiger partial charge in [-0.05, 0) is 13.3 Å². The highest BCUT2D eigenvalue weighted by atomic mass is 32.1. The Labute approximate surface area is 146 Å². The van der Waals surface area contributed by atoms with Crippen LogP contribution >= 0.6 is 11.3 Å². The number of carboxylic acids is 1. The number of aliphatic carboxylic acids is 1. The fraction of sp³-hybridized carbons (Fsp3) is 0.375. The number of carboxylic acid groups (broad SMARTS) is 1. The number of ketones is 1. The van der Waals surface area contributed by atoms with Crippen LogP contribution in [-0.4, -0.2) is 54.3 Å². The van der Waals surface area contributed by atoms with Crippen LogP contribution in [0.5, 0.6) is 0 Å². The molecule has 1 fully saturated rings. The lowest BCUT2D eigenvalue weighted by Gasteiger charge is -2.44. The Kier molecular flexibility index (Phi) is 3.35. The van der Waals surface area contributed by atoms with Crippen molar-refractivity contribution < 1.29 is 24.6 Å². The van der Waals surface area contributed by atoms with Gasteiger partial charge in [-0.15, -0.1) is 11.3 Å². The lowest BCUT2D eigenvalue weighted by atomic mass is 9.83. The van der Waals surface area contributed by atoms with Crippen molar-refractivity contribution in [1.29, 1.82) is 0 Å². The molecule has 0 unspecified atom stereocenters. The van der Waals surface area contributed by atoms with E-state index in [1.54, 1.807) is 9.78 Å². The van der Waals surface area contributed by atoms with Gasteiger partial charge in [0.05, 0.1) is 23.8 Å². The van der Waals surface area contributed by atoms with Gasteiger partial charge < -0.3 is 15.1 Å². The maximum absolute atomic E-state index is 12.3. The minimum atomic E-state index is -1.18. The monoisotopic (exact) mass is 361 g/mol. The highest BCUT2D eigenvalue weighted by Crippen LogP contribution is 2.47. The Balaban J connectivity index is 1.84. The maximum Gasteiger partial charge on any atom is 0.352 e. The minimum Gasteiger partial charge on any atom is -0.477 e. The molecule has 4 heterocycles. The molecular weight excluding hydrogens is 346 g/mol. The van der Waals surface area contributed by atoms with E-state index in [9.17, 15) is 24.6 Å². The zero-order valence-corrected chi connectivity index (χ0v) is 14.3. The van der Waals surface area contributed by atoms with Crippen LogP contribution in [0, 0.1) is 5.92 Å². The number of Topliss-reactive ketones (excluding diaryl/α,β-unsaturated/α-hetero) is 1. The van der Waals surface area contributed by atoms with Crippen LogP contribution in [0.1, 0.15) is 36.5 Å². The molecule has 130 valence electrons. The number of hydrogen-bond donors (Lipinski definition) is 2. The second-order valence-corrected chi connectivity index (χ2v) is 7.18. The number of amides is 1. The van der Waals surface area contributed by atoms with Gasteiger partial charge in [-0.3, -0.25) is 14.0 Å². The van der Waals surface area contributed by atoms with Gasteiger partial charge in [0.2, 0.25) is 5.91 Å². The number of fused-ring (bicyclic) bond motifs is 2. The number of hydrogen-bond acceptors (Lipinski definition) is 6. The summed E-state index contributed by atoms with van der Waals surface area (Å²) in [7, 11) is 0. The van der Waals surface area contributed by atoms with Gasteiger partial charge in [-0.1, -0.05) is 0 Å². The average molecular weight is 361 g/mol. The molecule has 4 rings (SSSR count). The van der Waals surface area contributed by atoms with Gasteiger partial charge in [0, 0.05) is 17.9 Å². The molecule has 0 aliphatic carbocycles. The quantitative estimate of drug-likeness (QED) is 0.621. The van der Waals surface area contributed by atoms with E-state index in [4.69, 9.17) is 0 Å². The van der Waals surface area contributed by atoms with E-state index in [0.29, 0.717) is 28.2 Å². The van der Waals surface area contributed by atoms with Crippen LogP contribution in [0.15, 0.2) is 17.4 Å². The molecule has 2 aromatic rings. The standard InChI is InChI=1S/C16H15N3O5S/c1-6(20)11-9-3-8(13(16(23)24)19(9)14(11)22)10-4-25-15-12(7(2)21)17-5-18(10)15/h4-6,9,11,20H,3H2,1-2H3,(H,23,24)/t6-,9-,11-/m1/s1. The molecule has 2 aliphatic heterocycles. The fourth-order valence-corrected chi connectivity index (χ4v) is 4.79. The van der Waals surface area contributed by atoms with Crippen molar-refractivity contribution in [3.63, 3.8) is 0 Å². The smallest absolute Gasteiger partial charge is 0.352 e. The Morgan fingerprint density at radius 3 is 2.76 bits per heavy atom. The zero-order chi connectivity index (χ0) is 18.0. The Bertz CT molecular complexity index is 970. The van der Waals surface area contributed by atoms with E-state index < -0.39 is 18.0 Å². The number of aliphatic hydroxyl groups excluding tert-OH is 1. The van der Waals surface area contributed by atoms with Gasteiger partial charge in [-0.25, -0.2) is 9.78 Å². The predicted molar refractivity (Wildman–Crippen MR) is 88.1 cm³/mol. The Morgan fingerprint density at radius 1 is 1.44 bits per heavy atom. The molecule has 9 heteroatoms. The number of aliphatic hydroxyl groups is 1. The predicted octanol–water partition coefficient (Wildman–Crippen LogP) is 1.01. The van der Waals surface area contributed by atoms with Crippen molar-refractivity contribution in [2.75, 3.05) is 0 Å². The molecule has 2 aromatic heterocycles. The van der Waals surface area contributed by atoms with Gasteiger partial charge in [-0.2, -0.15) is 0 Å². The molecule has 1 amide bonds. The van der Waals surface area contributed by atoms with Crippen molar-refractivity contribution in [2.45, 2.75) is 32.4 Å². The first kappa shape index (κ1) is 16.0. The lowest BCUT2D eigenvalue weighted by Crippen LogP contribution is -2.61. The Hall–Kier alpha value is -2.52. The van der Waals surface area contributed by atoms with Crippen LogP contribution in [-0.2, 0) is 9.59 Å². The largest absolute Gasteiger partial charge is 0.477 e. The summed E-state index contributed by atoms with van der Waals surface area (Å²) in [6.07, 6.45) is 1.01. The number of nitrogens with zero attached hydrogens (tertiary/aromatic N) is 3. The van der Waals surface area contributed by atoms with E-state index in [1.807, 2.05) is 0 Å². The molecule has 25 heavy (non-hydrogen) atoms. The van der Waals surface area contributed by atoms with E-state index >= 15 is 0 Å². The maximum atomic E-state index is 12.3. The second-order valence-electron chi connectivity index (χ2n) is 6.32. The molecule has 0 bridgehead atoms. The number of aromatic nitrogens is 2. The molecule has 0 saturated carbocycles. The van der Waals surface area contributed by atoms with Crippen molar-refractivity contribution in [3.05, 3.63) is 28.8 Å². The summed E-state index contributed by atoms with van der Waals surface area (Å²) in [5.74, 6) is -2.30. The molecule has 3 atom stereocenters. The first-order valence-corrected chi connectivity index (χ1v) is 8.64. The number of β-lactam (4-membered cyclic amide) rings is 1. The average Bonchev–Trinajstić information content (AvgIpc) is 3.16. The summed E-state index contributed by atoms with van der Waals surface area (Å²) in [5.41, 5.74) is 1.43. The third-order valence-electron chi connectivity index (χ3n) is 4.84. The summed E-state index contributed by atoms with van der Waals surface area (Å²) >= 11 is 1.31. The number of carbonyl (C=O) groups is 3. The molecule has 0 aromatic carbocycles. The zero-order valence-electron chi connectivity index (χ0n) is 13.5. The second kappa shape index (κ2) is 5.24. The molecule has 2 N–H and O–H groups in total. The molecule has 0 radical (unpaired) electrons. The summed E-state index contributed by atoms with van der Waals surface area (Å²) < 4.78 is 1.69. The highest BCUT2D eigenvalue weighted by Gasteiger charge is 2.57. The van der Waals surface area contributed by atoms with Crippen molar-refractivity contribution in [3.8, 4) is 0 Å². The van der Waals surface area contributed by atoms with Crippen molar-refractivity contribution in [2.24, 2.45) is 5.92 Å². The number of thiazole rings is 1. The van der Waals surface area contributed by atoms with Crippen LogP contribution < -0.4 is 0 Å². The van der Waals surface area contributed by atoms with Crippen LogP contribution in [0.3, 0.4) is 0 Å². The lowest BCUT2D eigenvalue weighted by molar-refractivity contribution is -0.161. The molecular formula is C16H15N3O5S. The number of rotatable bonds is 4. The van der Waals surface area contributed by atoms with Gasteiger partial charge in [0.25, 0.3) is 0 Å². The molecule has 8 nitrogen and oxygen atoms in total. The van der Waals surface area contributed by atoms with Crippen LogP contribution in [0.4, 0.5) is 0 Å². The first-order valence-electron chi connectivity index (χ1n) is 7.76. The number of carbonyl (C=O) groups excluding carboxylic acids is 2. The highest BCUT2D eigenvalue weighted by molar-refractivity contribution is 7.16. The van der Waals surface area contributed by atoms with Gasteiger partial charge >= 0.3 is 5.97 Å². The third-order valence-corrected chi connectivity index (χ3v) is 5.79. The summed E-state index contributed by atoms with van der Waals surface area (Å²) in [5, 5.41) is 21.2. The normalized spacial score (nSPS) is 23.8. The summed E-state index contributed by atoms with van der Waals surface area (Å²) in [4.78, 5) is 41.7. The SMILES string of the molecule is CC(=O)c1ncn2c(C3=C(C(=O)O)N4C(=O)[C@H]([C@@H](C)O)[C@H]4C3)csc12. The molecule has 2 aliphatic rings. The van der Waals surface area contributed by atoms with E-state index in [2.05, 4.69) is 4.98 Å². The summed E-state index contributed by atoms with van der Waals surface area (Å²) in [6.45, 7) is 2.97. The van der Waals surface area contributed by atoms with E-state index in [-0.39, 0.29) is 23.4 Å². The van der Waals surface area contributed by atoms with Crippen LogP contribution in [0.2, 0.25) is 0 Å². The van der Waals surface area contributed by atoms with Crippen molar-refractivity contribution >= 4 is 39.4 Å². The molecule has 1 saturated heterocycles. The fourth-order valence-electron chi connectivity index (χ4n) is 3.75. The van der Waals surface area contributed by atoms with Gasteiger partial charge in [0.1, 0.15) is 22.5 Å². The first-order chi connectivity index (χ1) is 11.8. The van der Waals surface area contributed by atoms with Gasteiger partial charge in [0.15, 0.2) is 5.78 Å². The van der Waals surface area contributed by atoms with Crippen molar-refractivity contribution in [1.82, 2.24) is 14.3 Å². The van der Waals surface area contributed by atoms with E-state index in [1.165, 1.54) is 36.4 Å². The van der Waals surface area contributed by atoms with E-state index in [0.717, 1.165) is 0 Å². The summed E-state index contributed by atoms with van der Waals surface area (Å²) in [6, 6.07) is -0.348. The molecule has 0 spiro atoms. The Morgan fingerprint density at radius 2 is 2.16 bits per heavy atom. The third kappa shape index (κ3) is 2.02. The number of imidazole rings is 1. The minimum absolute atomic E-state index is 0.0512. The van der Waals surface area contributed by atoms with Crippen LogP contribution in [0.25, 0.3) is 10.4 Å². The topological polar surface area (TPSA) is 112 Å².